The molecule has 3 atom stereocenters. The zero-order valence-electron chi connectivity index (χ0n) is 11.3. The zero-order chi connectivity index (χ0) is 13.8. The number of morpholine rings is 1. The zero-order valence-corrected chi connectivity index (χ0v) is 13.4. The highest BCUT2D eigenvalue weighted by atomic mass is 127. The average molecular weight is 375 g/mol. The molecule has 2 N–H and O–H groups in total. The topological polar surface area (TPSA) is 42.8 Å². The van der Waals surface area contributed by atoms with Crippen molar-refractivity contribution < 1.29 is 14.4 Å². The van der Waals surface area contributed by atoms with E-state index in [0.717, 1.165) is 22.3 Å². The van der Waals surface area contributed by atoms with Crippen molar-refractivity contribution >= 4 is 34.2 Å². The molecule has 0 aliphatic carbocycles. The summed E-state index contributed by atoms with van der Waals surface area (Å²) in [4.78, 5) is 13.3. The lowest BCUT2D eigenvalue weighted by molar-refractivity contribution is -0.907. The number of ether oxygens (including phenoxy) is 1. The Hall–Kier alpha value is -0.660. The minimum atomic E-state index is 0.0679. The van der Waals surface area contributed by atoms with Gasteiger partial charge in [0.15, 0.2) is 6.54 Å². The van der Waals surface area contributed by atoms with Gasteiger partial charge in [0, 0.05) is 9.26 Å². The molecule has 0 saturated carbocycles. The first kappa shape index (κ1) is 14.7. The highest BCUT2D eigenvalue weighted by Crippen LogP contribution is 2.11. The molecule has 1 aliphatic heterocycles. The second-order valence-electron chi connectivity index (χ2n) is 5.15. The van der Waals surface area contributed by atoms with Gasteiger partial charge >= 0.3 is 0 Å². The van der Waals surface area contributed by atoms with E-state index in [-0.39, 0.29) is 18.1 Å². The number of benzene rings is 1. The van der Waals surface area contributed by atoms with Crippen molar-refractivity contribution in [3.05, 3.63) is 27.8 Å². The summed E-state index contributed by atoms with van der Waals surface area (Å²) in [5, 5.41) is 2.95. The maximum Gasteiger partial charge on any atom is 0.279 e. The lowest BCUT2D eigenvalue weighted by Crippen LogP contribution is -3.16. The van der Waals surface area contributed by atoms with Crippen molar-refractivity contribution in [3.8, 4) is 0 Å². The number of anilines is 1. The molecule has 1 saturated heterocycles. The van der Waals surface area contributed by atoms with Crippen LogP contribution in [-0.2, 0) is 9.53 Å². The summed E-state index contributed by atoms with van der Waals surface area (Å²) in [7, 11) is 0. The number of quaternary nitrogens is 1. The smallest absolute Gasteiger partial charge is 0.279 e. The molecule has 0 radical (unpaired) electrons. The normalized spacial score (nSPS) is 27.0. The van der Waals surface area contributed by atoms with Gasteiger partial charge in [0.05, 0.1) is 0 Å². The van der Waals surface area contributed by atoms with Crippen LogP contribution in [0.3, 0.4) is 0 Å². The molecule has 1 aromatic carbocycles. The summed E-state index contributed by atoms with van der Waals surface area (Å²) in [6.45, 7) is 6.41. The Morgan fingerprint density at radius 2 is 2.11 bits per heavy atom. The molecule has 5 heteroatoms. The molecule has 1 unspecified atom stereocenters. The monoisotopic (exact) mass is 375 g/mol. The third-order valence-corrected chi connectivity index (χ3v) is 3.81. The van der Waals surface area contributed by atoms with Crippen molar-refractivity contribution in [2.45, 2.75) is 26.1 Å². The van der Waals surface area contributed by atoms with Gasteiger partial charge in [-0.15, -0.1) is 0 Å². The second-order valence-corrected chi connectivity index (χ2v) is 6.40. The number of halogens is 1. The van der Waals surface area contributed by atoms with Gasteiger partial charge in [0.25, 0.3) is 5.91 Å². The molecule has 1 amide bonds. The average Bonchev–Trinajstić information content (AvgIpc) is 2.26. The molecule has 0 spiro atoms. The van der Waals surface area contributed by atoms with E-state index in [4.69, 9.17) is 4.74 Å². The van der Waals surface area contributed by atoms with Crippen LogP contribution in [0.5, 0.6) is 0 Å². The number of hydrogen-bond donors (Lipinski definition) is 2. The van der Waals surface area contributed by atoms with E-state index < -0.39 is 0 Å². The minimum absolute atomic E-state index is 0.0679. The van der Waals surface area contributed by atoms with Crippen LogP contribution < -0.4 is 10.2 Å². The van der Waals surface area contributed by atoms with Crippen LogP contribution in [0.2, 0.25) is 0 Å². The Morgan fingerprint density at radius 1 is 1.42 bits per heavy atom. The predicted molar refractivity (Wildman–Crippen MR) is 83.4 cm³/mol. The molecule has 1 fully saturated rings. The molecule has 0 bridgehead atoms. The van der Waals surface area contributed by atoms with Crippen molar-refractivity contribution in [1.29, 1.82) is 0 Å². The van der Waals surface area contributed by atoms with Crippen LogP contribution in [0.25, 0.3) is 0 Å². The predicted octanol–water partition coefficient (Wildman–Crippen LogP) is 0.922. The van der Waals surface area contributed by atoms with Gasteiger partial charge in [-0.3, -0.25) is 4.79 Å². The van der Waals surface area contributed by atoms with Gasteiger partial charge in [0.1, 0.15) is 25.3 Å². The van der Waals surface area contributed by atoms with Crippen LogP contribution in [-0.4, -0.2) is 37.7 Å². The van der Waals surface area contributed by atoms with E-state index in [9.17, 15) is 4.79 Å². The van der Waals surface area contributed by atoms with E-state index in [0.29, 0.717) is 6.54 Å². The number of carbonyl (C=O) groups excluding carboxylic acids is 1. The summed E-state index contributed by atoms with van der Waals surface area (Å²) in [5.74, 6) is 0.0679. The lowest BCUT2D eigenvalue weighted by atomic mass is 10.2. The SMILES string of the molecule is C[C@@H]1C[NH+](CC(=O)Nc2cccc(I)c2)C[C@H](C)O1. The maximum absolute atomic E-state index is 12.0. The van der Waals surface area contributed by atoms with Crippen molar-refractivity contribution in [2.75, 3.05) is 25.0 Å². The van der Waals surface area contributed by atoms with Crippen molar-refractivity contribution in [3.63, 3.8) is 0 Å². The van der Waals surface area contributed by atoms with Crippen molar-refractivity contribution in [2.24, 2.45) is 0 Å². The number of amides is 1. The number of rotatable bonds is 3. The summed E-state index contributed by atoms with van der Waals surface area (Å²) in [6.07, 6.45) is 0.452. The summed E-state index contributed by atoms with van der Waals surface area (Å²) in [6, 6.07) is 7.84. The van der Waals surface area contributed by atoms with E-state index in [1.54, 1.807) is 0 Å². The highest BCUT2D eigenvalue weighted by Gasteiger charge is 2.27. The fourth-order valence-electron chi connectivity index (χ4n) is 2.53. The van der Waals surface area contributed by atoms with Crippen molar-refractivity contribution in [1.82, 2.24) is 0 Å². The Morgan fingerprint density at radius 3 is 2.74 bits per heavy atom. The Kier molecular flexibility index (Phi) is 5.18. The van der Waals surface area contributed by atoms with Crippen LogP contribution in [0.4, 0.5) is 5.69 Å². The van der Waals surface area contributed by atoms with E-state index in [1.807, 2.05) is 24.3 Å². The first-order chi connectivity index (χ1) is 9.02. The number of carbonyl (C=O) groups is 1. The van der Waals surface area contributed by atoms with Crippen LogP contribution in [0, 0.1) is 3.57 Å². The largest absolute Gasteiger partial charge is 0.364 e. The third kappa shape index (κ3) is 4.74. The molecular weight excluding hydrogens is 355 g/mol. The summed E-state index contributed by atoms with van der Waals surface area (Å²) < 4.78 is 6.80. The minimum Gasteiger partial charge on any atom is -0.364 e. The highest BCUT2D eigenvalue weighted by molar-refractivity contribution is 14.1. The molecule has 1 aliphatic rings. The van der Waals surface area contributed by atoms with E-state index in [2.05, 4.69) is 41.8 Å². The quantitative estimate of drug-likeness (QED) is 0.772. The first-order valence-electron chi connectivity index (χ1n) is 6.57. The number of hydrogen-bond acceptors (Lipinski definition) is 2. The molecule has 19 heavy (non-hydrogen) atoms. The maximum atomic E-state index is 12.0. The molecule has 104 valence electrons. The fourth-order valence-corrected chi connectivity index (χ4v) is 3.08. The molecule has 0 aromatic heterocycles. The van der Waals surface area contributed by atoms with Gasteiger partial charge < -0.3 is 15.0 Å². The number of nitrogens with one attached hydrogen (secondary N) is 2. The third-order valence-electron chi connectivity index (χ3n) is 3.14. The summed E-state index contributed by atoms with van der Waals surface area (Å²) >= 11 is 2.24. The van der Waals surface area contributed by atoms with Crippen LogP contribution in [0.1, 0.15) is 13.8 Å². The fraction of sp³-hybridized carbons (Fsp3) is 0.500. The standard InChI is InChI=1S/C14H19IN2O2/c1-10-7-17(8-11(2)19-10)9-14(18)16-13-5-3-4-12(15)6-13/h3-6,10-11H,7-9H2,1-2H3,(H,16,18)/p+1/t10-,11+. The molecule has 2 rings (SSSR count). The van der Waals surface area contributed by atoms with E-state index >= 15 is 0 Å². The lowest BCUT2D eigenvalue weighted by Gasteiger charge is -2.31. The van der Waals surface area contributed by atoms with Gasteiger partial charge in [-0.2, -0.15) is 0 Å². The van der Waals surface area contributed by atoms with Gasteiger partial charge in [0.2, 0.25) is 0 Å². The van der Waals surface area contributed by atoms with Crippen LogP contribution >= 0.6 is 22.6 Å². The van der Waals surface area contributed by atoms with Gasteiger partial charge in [-0.1, -0.05) is 6.07 Å². The Labute approximate surface area is 127 Å². The second kappa shape index (κ2) is 6.67. The van der Waals surface area contributed by atoms with E-state index in [1.165, 1.54) is 4.90 Å². The Bertz CT molecular complexity index is 443. The Balaban J connectivity index is 1.87. The first-order valence-corrected chi connectivity index (χ1v) is 7.65. The van der Waals surface area contributed by atoms with Crippen LogP contribution in [0.15, 0.2) is 24.3 Å². The molecule has 1 aromatic rings. The molecule has 1 heterocycles. The molecular formula is C14H20IN2O2+. The van der Waals surface area contributed by atoms with Gasteiger partial charge in [-0.25, -0.2) is 0 Å². The molecule has 4 nitrogen and oxygen atoms in total. The van der Waals surface area contributed by atoms with Gasteiger partial charge in [-0.05, 0) is 54.6 Å². The summed E-state index contributed by atoms with van der Waals surface area (Å²) in [5.41, 5.74) is 0.866.